The number of amides is 1. The Bertz CT molecular complexity index is 610. The van der Waals surface area contributed by atoms with E-state index in [9.17, 15) is 9.18 Å². The van der Waals surface area contributed by atoms with Crippen LogP contribution in [-0.2, 0) is 4.79 Å². The van der Waals surface area contributed by atoms with Crippen LogP contribution in [0.4, 0.5) is 4.39 Å². The number of hydrogen-bond acceptors (Lipinski definition) is 3. The van der Waals surface area contributed by atoms with E-state index in [1.807, 2.05) is 18.7 Å². The highest BCUT2D eigenvalue weighted by Gasteiger charge is 2.27. The minimum absolute atomic E-state index is 0. The van der Waals surface area contributed by atoms with Crippen LogP contribution in [-0.4, -0.2) is 56.1 Å². The quantitative estimate of drug-likeness (QED) is 0.266. The van der Waals surface area contributed by atoms with E-state index in [2.05, 4.69) is 15.6 Å². The summed E-state index contributed by atoms with van der Waals surface area (Å²) in [6.45, 7) is 6.61. The van der Waals surface area contributed by atoms with Crippen LogP contribution in [0.1, 0.15) is 26.7 Å². The first-order valence-electron chi connectivity index (χ1n) is 9.14. The number of benzene rings is 1. The van der Waals surface area contributed by atoms with Gasteiger partial charge in [-0.2, -0.15) is 0 Å². The zero-order valence-corrected chi connectivity index (χ0v) is 18.5. The van der Waals surface area contributed by atoms with E-state index in [1.165, 1.54) is 12.1 Å². The summed E-state index contributed by atoms with van der Waals surface area (Å²) in [6, 6.07) is 6.23. The second-order valence-corrected chi connectivity index (χ2v) is 6.72. The normalized spacial score (nSPS) is 16.9. The molecular weight excluding hydrogens is 462 g/mol. The Morgan fingerprint density at radius 2 is 2.07 bits per heavy atom. The predicted molar refractivity (Wildman–Crippen MR) is 116 cm³/mol. The van der Waals surface area contributed by atoms with Gasteiger partial charge in [0.2, 0.25) is 5.91 Å². The Morgan fingerprint density at radius 3 is 2.70 bits per heavy atom. The molecule has 1 aliphatic heterocycles. The van der Waals surface area contributed by atoms with Crippen molar-refractivity contribution in [1.82, 2.24) is 15.5 Å². The molecule has 1 fully saturated rings. The van der Waals surface area contributed by atoms with Crippen LogP contribution in [0.3, 0.4) is 0 Å². The van der Waals surface area contributed by atoms with Crippen molar-refractivity contribution >= 4 is 35.8 Å². The lowest BCUT2D eigenvalue weighted by Gasteiger charge is -2.20. The highest BCUT2D eigenvalue weighted by atomic mass is 127. The number of carbonyl (C=O) groups is 1. The van der Waals surface area contributed by atoms with Crippen LogP contribution in [0.2, 0.25) is 0 Å². The summed E-state index contributed by atoms with van der Waals surface area (Å²) in [7, 11) is 1.73. The van der Waals surface area contributed by atoms with Crippen molar-refractivity contribution in [2.24, 2.45) is 10.9 Å². The maximum Gasteiger partial charge on any atom is 0.225 e. The largest absolute Gasteiger partial charge is 0.494 e. The molecule has 1 heterocycles. The van der Waals surface area contributed by atoms with E-state index in [0.717, 1.165) is 25.3 Å². The van der Waals surface area contributed by atoms with Crippen LogP contribution < -0.4 is 15.4 Å². The summed E-state index contributed by atoms with van der Waals surface area (Å²) in [6.07, 6.45) is 1.72. The average Bonchev–Trinajstić information content (AvgIpc) is 3.09. The van der Waals surface area contributed by atoms with Crippen molar-refractivity contribution < 1.29 is 13.9 Å². The Hall–Kier alpha value is -1.58. The number of rotatable bonds is 7. The molecule has 0 bridgehead atoms. The van der Waals surface area contributed by atoms with Crippen molar-refractivity contribution in [3.63, 3.8) is 0 Å². The van der Waals surface area contributed by atoms with Crippen LogP contribution in [0, 0.1) is 11.7 Å². The second-order valence-electron chi connectivity index (χ2n) is 6.72. The predicted octanol–water partition coefficient (Wildman–Crippen LogP) is 2.63. The number of guanidine groups is 1. The SMILES string of the molecule is CN=C(NCCCOc1ccc(F)cc1)NC1CCN(C(=O)C(C)C)C1.I. The van der Waals surface area contributed by atoms with Crippen LogP contribution in [0.15, 0.2) is 29.3 Å². The molecule has 0 radical (unpaired) electrons. The first-order valence-corrected chi connectivity index (χ1v) is 9.14. The molecule has 0 aromatic heterocycles. The molecule has 27 heavy (non-hydrogen) atoms. The maximum atomic E-state index is 12.8. The van der Waals surface area contributed by atoms with Gasteiger partial charge in [0.25, 0.3) is 0 Å². The smallest absolute Gasteiger partial charge is 0.225 e. The Labute approximate surface area is 178 Å². The van der Waals surface area contributed by atoms with Crippen molar-refractivity contribution in [1.29, 1.82) is 0 Å². The van der Waals surface area contributed by atoms with E-state index in [4.69, 9.17) is 4.74 Å². The minimum atomic E-state index is -0.269. The summed E-state index contributed by atoms with van der Waals surface area (Å²) in [5, 5.41) is 6.62. The van der Waals surface area contributed by atoms with Crippen molar-refractivity contribution in [3.8, 4) is 5.75 Å². The molecule has 1 atom stereocenters. The monoisotopic (exact) mass is 492 g/mol. The molecule has 1 aromatic carbocycles. The lowest BCUT2D eigenvalue weighted by atomic mass is 10.2. The van der Waals surface area contributed by atoms with E-state index in [0.29, 0.717) is 25.4 Å². The van der Waals surface area contributed by atoms with E-state index < -0.39 is 0 Å². The van der Waals surface area contributed by atoms with Crippen LogP contribution in [0.25, 0.3) is 0 Å². The molecule has 1 aromatic rings. The van der Waals surface area contributed by atoms with Crippen LogP contribution >= 0.6 is 24.0 Å². The highest BCUT2D eigenvalue weighted by Crippen LogP contribution is 2.13. The molecule has 6 nitrogen and oxygen atoms in total. The number of aliphatic imine (C=N–C) groups is 1. The van der Waals surface area contributed by atoms with Gasteiger partial charge in [0.05, 0.1) is 6.61 Å². The standard InChI is InChI=1S/C19H29FN4O2.HI/c1-14(2)18(25)24-11-9-16(13-24)23-19(21-3)22-10-4-12-26-17-7-5-15(20)6-8-17;/h5-8,14,16H,4,9-13H2,1-3H3,(H2,21,22,23);1H. The van der Waals surface area contributed by atoms with Gasteiger partial charge in [0, 0.05) is 38.6 Å². The lowest BCUT2D eigenvalue weighted by Crippen LogP contribution is -2.45. The number of carbonyl (C=O) groups excluding carboxylic acids is 1. The van der Waals surface area contributed by atoms with Crippen molar-refractivity contribution in [2.75, 3.05) is 33.3 Å². The number of halogens is 2. The molecule has 2 rings (SSSR count). The number of hydrogen-bond donors (Lipinski definition) is 2. The fourth-order valence-electron chi connectivity index (χ4n) is 2.83. The first-order chi connectivity index (χ1) is 12.5. The Morgan fingerprint density at radius 1 is 1.37 bits per heavy atom. The molecule has 1 amide bonds. The first kappa shape index (κ1) is 23.5. The molecular formula is C19H30FIN4O2. The van der Waals surface area contributed by atoms with Gasteiger partial charge >= 0.3 is 0 Å². The summed E-state index contributed by atoms with van der Waals surface area (Å²) in [4.78, 5) is 18.2. The molecule has 0 saturated carbocycles. The lowest BCUT2D eigenvalue weighted by molar-refractivity contribution is -0.133. The topological polar surface area (TPSA) is 66.0 Å². The molecule has 0 spiro atoms. The van der Waals surface area contributed by atoms with E-state index >= 15 is 0 Å². The van der Waals surface area contributed by atoms with Gasteiger partial charge in [-0.15, -0.1) is 24.0 Å². The fraction of sp³-hybridized carbons (Fsp3) is 0.579. The third kappa shape index (κ3) is 7.90. The van der Waals surface area contributed by atoms with Gasteiger partial charge in [-0.1, -0.05) is 13.8 Å². The molecule has 2 N–H and O–H groups in total. The van der Waals surface area contributed by atoms with Crippen molar-refractivity contribution in [3.05, 3.63) is 30.1 Å². The number of nitrogens with one attached hydrogen (secondary N) is 2. The molecule has 1 unspecified atom stereocenters. The van der Waals surface area contributed by atoms with Gasteiger partial charge in [-0.3, -0.25) is 9.79 Å². The molecule has 8 heteroatoms. The third-order valence-electron chi connectivity index (χ3n) is 4.25. The number of ether oxygens (including phenoxy) is 1. The summed E-state index contributed by atoms with van der Waals surface area (Å²) in [5.41, 5.74) is 0. The Kier molecular flexibility index (Phi) is 10.4. The van der Waals surface area contributed by atoms with Gasteiger partial charge in [0.1, 0.15) is 11.6 Å². The van der Waals surface area contributed by atoms with Gasteiger partial charge < -0.3 is 20.3 Å². The van der Waals surface area contributed by atoms with Gasteiger partial charge in [0.15, 0.2) is 5.96 Å². The van der Waals surface area contributed by atoms with E-state index in [-0.39, 0.29) is 47.7 Å². The van der Waals surface area contributed by atoms with Gasteiger partial charge in [-0.05, 0) is 37.1 Å². The number of likely N-dealkylation sites (tertiary alicyclic amines) is 1. The summed E-state index contributed by atoms with van der Waals surface area (Å²) in [5.74, 6) is 1.36. The summed E-state index contributed by atoms with van der Waals surface area (Å²) < 4.78 is 18.4. The zero-order chi connectivity index (χ0) is 18.9. The van der Waals surface area contributed by atoms with Gasteiger partial charge in [-0.25, -0.2) is 4.39 Å². The molecule has 1 aliphatic rings. The van der Waals surface area contributed by atoms with Crippen LogP contribution in [0.5, 0.6) is 5.75 Å². The maximum absolute atomic E-state index is 12.8. The zero-order valence-electron chi connectivity index (χ0n) is 16.2. The summed E-state index contributed by atoms with van der Waals surface area (Å²) >= 11 is 0. The second kappa shape index (κ2) is 12.0. The highest BCUT2D eigenvalue weighted by molar-refractivity contribution is 14.0. The minimum Gasteiger partial charge on any atom is -0.494 e. The third-order valence-corrected chi connectivity index (χ3v) is 4.25. The number of nitrogens with zero attached hydrogens (tertiary/aromatic N) is 2. The fourth-order valence-corrected chi connectivity index (χ4v) is 2.83. The van der Waals surface area contributed by atoms with Crippen molar-refractivity contribution in [2.45, 2.75) is 32.7 Å². The molecule has 1 saturated heterocycles. The molecule has 152 valence electrons. The van der Waals surface area contributed by atoms with E-state index in [1.54, 1.807) is 19.2 Å². The Balaban J connectivity index is 0.00000364. The molecule has 0 aliphatic carbocycles. The average molecular weight is 492 g/mol.